The molecule has 0 saturated carbocycles. The van der Waals surface area contributed by atoms with Gasteiger partial charge >= 0.3 is 5.97 Å². The topological polar surface area (TPSA) is 26.3 Å². The molecular formula is C11H10F2O2. The number of hydrogen-bond acceptors (Lipinski definition) is 2. The van der Waals surface area contributed by atoms with Gasteiger partial charge in [-0.3, -0.25) is 0 Å². The summed E-state index contributed by atoms with van der Waals surface area (Å²) in [6, 6.07) is 7.50. The van der Waals surface area contributed by atoms with Crippen molar-refractivity contribution in [2.45, 2.75) is 6.92 Å². The zero-order valence-electron chi connectivity index (χ0n) is 8.17. The minimum Gasteiger partial charge on any atom is -0.461 e. The molecule has 0 aliphatic heterocycles. The van der Waals surface area contributed by atoms with E-state index < -0.39 is 17.6 Å². The Morgan fingerprint density at radius 3 is 2.40 bits per heavy atom. The molecule has 2 nitrogen and oxygen atoms in total. The molecule has 15 heavy (non-hydrogen) atoms. The molecule has 0 aliphatic rings. The van der Waals surface area contributed by atoms with Crippen LogP contribution in [0.25, 0.3) is 5.83 Å². The van der Waals surface area contributed by atoms with Crippen LogP contribution >= 0.6 is 0 Å². The summed E-state index contributed by atoms with van der Waals surface area (Å²) in [6.07, 6.45) is 0. The van der Waals surface area contributed by atoms with Crippen LogP contribution in [0.5, 0.6) is 0 Å². The molecular weight excluding hydrogens is 202 g/mol. The number of halogens is 2. The molecule has 0 radical (unpaired) electrons. The fourth-order valence-corrected chi connectivity index (χ4v) is 0.995. The highest BCUT2D eigenvalue weighted by Gasteiger charge is 2.17. The molecule has 0 saturated heterocycles. The van der Waals surface area contributed by atoms with Gasteiger partial charge < -0.3 is 4.74 Å². The number of carbonyl (C=O) groups is 1. The minimum absolute atomic E-state index is 0.00826. The summed E-state index contributed by atoms with van der Waals surface area (Å²) in [6.45, 7) is 1.53. The van der Waals surface area contributed by atoms with Crippen molar-refractivity contribution in [2.24, 2.45) is 0 Å². The third kappa shape index (κ3) is 2.87. The van der Waals surface area contributed by atoms with Crippen molar-refractivity contribution >= 4 is 11.8 Å². The standard InChI is InChI=1S/C11H10F2O2/c1-2-15-11(14)10(13)9(12)8-6-4-3-5-7-8/h3-7H,2H2,1H3/b10-9+. The van der Waals surface area contributed by atoms with E-state index in [-0.39, 0.29) is 12.2 Å². The van der Waals surface area contributed by atoms with Gasteiger partial charge in [-0.05, 0) is 6.92 Å². The lowest BCUT2D eigenvalue weighted by molar-refractivity contribution is -0.140. The van der Waals surface area contributed by atoms with Gasteiger partial charge in [0.15, 0.2) is 5.83 Å². The molecule has 1 aromatic carbocycles. The molecule has 0 aliphatic carbocycles. The van der Waals surface area contributed by atoms with Crippen molar-refractivity contribution in [1.29, 1.82) is 0 Å². The zero-order valence-corrected chi connectivity index (χ0v) is 8.17. The number of ether oxygens (including phenoxy) is 1. The van der Waals surface area contributed by atoms with Crippen molar-refractivity contribution < 1.29 is 18.3 Å². The summed E-state index contributed by atoms with van der Waals surface area (Å²) in [5.74, 6) is -3.98. The quantitative estimate of drug-likeness (QED) is 0.568. The van der Waals surface area contributed by atoms with Crippen LogP contribution in [0.15, 0.2) is 36.2 Å². The average Bonchev–Trinajstić information content (AvgIpc) is 2.28. The van der Waals surface area contributed by atoms with E-state index in [0.717, 1.165) is 0 Å². The third-order valence-electron chi connectivity index (χ3n) is 1.67. The lowest BCUT2D eigenvalue weighted by Crippen LogP contribution is -2.05. The van der Waals surface area contributed by atoms with E-state index in [1.54, 1.807) is 18.2 Å². The predicted octanol–water partition coefficient (Wildman–Crippen LogP) is 2.86. The Balaban J connectivity index is 2.95. The highest BCUT2D eigenvalue weighted by atomic mass is 19.2. The normalized spacial score (nSPS) is 11.9. The monoisotopic (exact) mass is 212 g/mol. The first-order valence-corrected chi connectivity index (χ1v) is 4.44. The number of rotatable bonds is 3. The molecule has 80 valence electrons. The Morgan fingerprint density at radius 1 is 1.27 bits per heavy atom. The van der Waals surface area contributed by atoms with E-state index in [2.05, 4.69) is 4.74 Å². The van der Waals surface area contributed by atoms with Gasteiger partial charge in [0.2, 0.25) is 5.83 Å². The van der Waals surface area contributed by atoms with Crippen LogP contribution in [0.4, 0.5) is 8.78 Å². The molecule has 1 aromatic rings. The van der Waals surface area contributed by atoms with Crippen molar-refractivity contribution in [3.8, 4) is 0 Å². The lowest BCUT2D eigenvalue weighted by atomic mass is 10.2. The van der Waals surface area contributed by atoms with Gasteiger partial charge in [-0.2, -0.15) is 4.39 Å². The van der Waals surface area contributed by atoms with Crippen LogP contribution in [-0.4, -0.2) is 12.6 Å². The molecule has 4 heteroatoms. The Hall–Kier alpha value is -1.71. The maximum absolute atomic E-state index is 13.3. The molecule has 0 aromatic heterocycles. The van der Waals surface area contributed by atoms with Crippen molar-refractivity contribution in [3.63, 3.8) is 0 Å². The number of benzene rings is 1. The van der Waals surface area contributed by atoms with Gasteiger partial charge in [0.25, 0.3) is 0 Å². The highest BCUT2D eigenvalue weighted by molar-refractivity contribution is 5.93. The predicted molar refractivity (Wildman–Crippen MR) is 52.2 cm³/mol. The first-order chi connectivity index (χ1) is 7.16. The number of hydrogen-bond donors (Lipinski definition) is 0. The Kier molecular flexibility index (Phi) is 3.97. The van der Waals surface area contributed by atoms with E-state index in [9.17, 15) is 13.6 Å². The van der Waals surface area contributed by atoms with Crippen molar-refractivity contribution in [2.75, 3.05) is 6.61 Å². The fourth-order valence-electron chi connectivity index (χ4n) is 0.995. The van der Waals surface area contributed by atoms with Gasteiger partial charge in [-0.15, -0.1) is 0 Å². The van der Waals surface area contributed by atoms with Gasteiger partial charge in [0.1, 0.15) is 0 Å². The summed E-state index contributed by atoms with van der Waals surface area (Å²) >= 11 is 0. The third-order valence-corrected chi connectivity index (χ3v) is 1.67. The van der Waals surface area contributed by atoms with Crippen LogP contribution in [0.1, 0.15) is 12.5 Å². The zero-order chi connectivity index (χ0) is 11.3. The highest BCUT2D eigenvalue weighted by Crippen LogP contribution is 2.21. The second-order valence-corrected chi connectivity index (χ2v) is 2.71. The summed E-state index contributed by atoms with van der Waals surface area (Å²) in [4.78, 5) is 10.9. The molecule has 0 spiro atoms. The number of esters is 1. The Bertz CT molecular complexity index is 371. The van der Waals surface area contributed by atoms with Crippen LogP contribution in [0.3, 0.4) is 0 Å². The largest absolute Gasteiger partial charge is 0.461 e. The Morgan fingerprint density at radius 2 is 1.87 bits per heavy atom. The first-order valence-electron chi connectivity index (χ1n) is 4.44. The van der Waals surface area contributed by atoms with Gasteiger partial charge in [-0.25, -0.2) is 9.18 Å². The summed E-state index contributed by atoms with van der Waals surface area (Å²) in [5, 5.41) is 0. The second-order valence-electron chi connectivity index (χ2n) is 2.71. The smallest absolute Gasteiger partial charge is 0.370 e. The van der Waals surface area contributed by atoms with Crippen LogP contribution < -0.4 is 0 Å². The van der Waals surface area contributed by atoms with E-state index in [1.165, 1.54) is 19.1 Å². The van der Waals surface area contributed by atoms with Crippen LogP contribution in [0.2, 0.25) is 0 Å². The summed E-state index contributed by atoms with van der Waals surface area (Å²) in [7, 11) is 0. The summed E-state index contributed by atoms with van der Waals surface area (Å²) in [5.41, 5.74) is 0.0167. The molecule has 0 amide bonds. The maximum atomic E-state index is 13.3. The molecule has 0 atom stereocenters. The molecule has 0 heterocycles. The van der Waals surface area contributed by atoms with Gasteiger partial charge in [0, 0.05) is 5.56 Å². The lowest BCUT2D eigenvalue weighted by Gasteiger charge is -2.01. The van der Waals surface area contributed by atoms with E-state index in [4.69, 9.17) is 0 Å². The second kappa shape index (κ2) is 5.24. The minimum atomic E-state index is -1.50. The molecule has 0 bridgehead atoms. The SMILES string of the molecule is CCOC(=O)/C(F)=C(\F)c1ccccc1. The first kappa shape index (κ1) is 11.4. The van der Waals surface area contributed by atoms with Gasteiger partial charge in [-0.1, -0.05) is 30.3 Å². The molecule has 1 rings (SSSR count). The van der Waals surface area contributed by atoms with Crippen LogP contribution in [-0.2, 0) is 9.53 Å². The van der Waals surface area contributed by atoms with Crippen LogP contribution in [0, 0.1) is 0 Å². The number of carbonyl (C=O) groups excluding carboxylic acids is 1. The summed E-state index contributed by atoms with van der Waals surface area (Å²) < 4.78 is 30.7. The maximum Gasteiger partial charge on any atom is 0.370 e. The molecule has 0 unspecified atom stereocenters. The fraction of sp³-hybridized carbons (Fsp3) is 0.182. The molecule has 0 fully saturated rings. The Labute approximate surface area is 86.2 Å². The van der Waals surface area contributed by atoms with Crippen molar-refractivity contribution in [1.82, 2.24) is 0 Å². The average molecular weight is 212 g/mol. The van der Waals surface area contributed by atoms with E-state index in [0.29, 0.717) is 0 Å². The van der Waals surface area contributed by atoms with Crippen molar-refractivity contribution in [3.05, 3.63) is 41.7 Å². The van der Waals surface area contributed by atoms with E-state index in [1.807, 2.05) is 0 Å². The van der Waals surface area contributed by atoms with Gasteiger partial charge in [0.05, 0.1) is 6.61 Å². The van der Waals surface area contributed by atoms with E-state index >= 15 is 0 Å². The molecule has 0 N–H and O–H groups in total.